The van der Waals surface area contributed by atoms with Crippen molar-refractivity contribution in [2.75, 3.05) is 18.0 Å². The van der Waals surface area contributed by atoms with Gasteiger partial charge in [0.15, 0.2) is 0 Å². The van der Waals surface area contributed by atoms with Gasteiger partial charge in [0.05, 0.1) is 6.10 Å². The van der Waals surface area contributed by atoms with Crippen molar-refractivity contribution in [3.05, 3.63) is 23.4 Å². The van der Waals surface area contributed by atoms with Gasteiger partial charge in [-0.05, 0) is 32.8 Å². The van der Waals surface area contributed by atoms with E-state index in [0.29, 0.717) is 0 Å². The van der Waals surface area contributed by atoms with E-state index in [9.17, 15) is 5.11 Å². The zero-order chi connectivity index (χ0) is 12.3. The summed E-state index contributed by atoms with van der Waals surface area (Å²) in [6.45, 7) is 5.99. The van der Waals surface area contributed by atoms with Crippen LogP contribution < -0.4 is 4.90 Å². The molecule has 1 fully saturated rings. The van der Waals surface area contributed by atoms with Gasteiger partial charge in [-0.25, -0.2) is 4.98 Å². The molecule has 0 aromatic carbocycles. The summed E-state index contributed by atoms with van der Waals surface area (Å²) in [7, 11) is 0. The summed E-state index contributed by atoms with van der Waals surface area (Å²) in [5.41, 5.74) is 1.88. The second-order valence-corrected chi connectivity index (χ2v) is 4.92. The lowest BCUT2D eigenvalue weighted by molar-refractivity contribution is 0.198. The molecule has 3 heteroatoms. The average Bonchev–Trinajstić information content (AvgIpc) is 2.56. The number of pyridine rings is 1. The summed E-state index contributed by atoms with van der Waals surface area (Å²) in [6.07, 6.45) is 4.76. The normalized spacial score (nSPS) is 18.9. The minimum absolute atomic E-state index is 0.430. The highest BCUT2D eigenvalue weighted by atomic mass is 16.3. The van der Waals surface area contributed by atoms with E-state index in [1.807, 2.05) is 19.1 Å². The second-order valence-electron chi connectivity index (χ2n) is 4.92. The molecule has 2 heterocycles. The Bertz CT molecular complexity index is 368. The van der Waals surface area contributed by atoms with E-state index >= 15 is 0 Å². The standard InChI is InChI=1S/C14H22N2O/c1-11-13(12(2)17)7-8-14(15-11)16-9-5-3-4-6-10-16/h7-8,12,17H,3-6,9-10H2,1-2H3/t12-/m0/s1. The van der Waals surface area contributed by atoms with Gasteiger partial charge >= 0.3 is 0 Å². The fourth-order valence-electron chi connectivity index (χ4n) is 2.48. The molecule has 0 spiro atoms. The Labute approximate surface area is 103 Å². The minimum Gasteiger partial charge on any atom is -0.389 e. The highest BCUT2D eigenvalue weighted by Gasteiger charge is 2.13. The van der Waals surface area contributed by atoms with Crippen molar-refractivity contribution in [1.82, 2.24) is 4.98 Å². The zero-order valence-electron chi connectivity index (χ0n) is 10.8. The number of anilines is 1. The number of hydrogen-bond acceptors (Lipinski definition) is 3. The van der Waals surface area contributed by atoms with Crippen LogP contribution in [0.5, 0.6) is 0 Å². The van der Waals surface area contributed by atoms with Crippen LogP contribution in [0.2, 0.25) is 0 Å². The fourth-order valence-corrected chi connectivity index (χ4v) is 2.48. The van der Waals surface area contributed by atoms with E-state index < -0.39 is 6.10 Å². The number of nitrogens with zero attached hydrogens (tertiary/aromatic N) is 2. The van der Waals surface area contributed by atoms with Crippen molar-refractivity contribution >= 4 is 5.82 Å². The van der Waals surface area contributed by atoms with Crippen LogP contribution >= 0.6 is 0 Å². The minimum atomic E-state index is -0.430. The molecule has 1 aromatic rings. The third-order valence-electron chi connectivity index (χ3n) is 3.49. The molecule has 1 atom stereocenters. The predicted molar refractivity (Wildman–Crippen MR) is 70.3 cm³/mol. The molecule has 94 valence electrons. The van der Waals surface area contributed by atoms with E-state index in [4.69, 9.17) is 0 Å². The molecule has 2 rings (SSSR count). The number of aliphatic hydroxyl groups excluding tert-OH is 1. The van der Waals surface area contributed by atoms with Crippen molar-refractivity contribution in [1.29, 1.82) is 0 Å². The van der Waals surface area contributed by atoms with Crippen molar-refractivity contribution in [3.8, 4) is 0 Å². The summed E-state index contributed by atoms with van der Waals surface area (Å²) in [4.78, 5) is 6.99. The van der Waals surface area contributed by atoms with Crippen molar-refractivity contribution in [2.24, 2.45) is 0 Å². The zero-order valence-corrected chi connectivity index (χ0v) is 10.8. The molecule has 0 saturated carbocycles. The molecule has 1 N–H and O–H groups in total. The molecule has 1 saturated heterocycles. The molecular formula is C14H22N2O. The maximum Gasteiger partial charge on any atom is 0.128 e. The van der Waals surface area contributed by atoms with Gasteiger partial charge in [0.2, 0.25) is 0 Å². The molecule has 0 amide bonds. The highest BCUT2D eigenvalue weighted by molar-refractivity contribution is 5.42. The molecule has 3 nitrogen and oxygen atoms in total. The molecule has 0 aliphatic carbocycles. The van der Waals surface area contributed by atoms with E-state index in [2.05, 4.69) is 9.88 Å². The smallest absolute Gasteiger partial charge is 0.128 e. The summed E-state index contributed by atoms with van der Waals surface area (Å²) < 4.78 is 0. The number of hydrogen-bond donors (Lipinski definition) is 1. The third-order valence-corrected chi connectivity index (χ3v) is 3.49. The van der Waals surface area contributed by atoms with Gasteiger partial charge in [0.1, 0.15) is 5.82 Å². The molecular weight excluding hydrogens is 212 g/mol. The Balaban J connectivity index is 2.18. The monoisotopic (exact) mass is 234 g/mol. The maximum absolute atomic E-state index is 9.60. The number of aryl methyl sites for hydroxylation is 1. The molecule has 1 aromatic heterocycles. The number of aliphatic hydroxyl groups is 1. The van der Waals surface area contributed by atoms with Gasteiger partial charge in [-0.15, -0.1) is 0 Å². The largest absolute Gasteiger partial charge is 0.389 e. The van der Waals surface area contributed by atoms with Crippen LogP contribution in [0.15, 0.2) is 12.1 Å². The topological polar surface area (TPSA) is 36.4 Å². The lowest BCUT2D eigenvalue weighted by Crippen LogP contribution is -2.25. The summed E-state index contributed by atoms with van der Waals surface area (Å²) in [5.74, 6) is 1.06. The third kappa shape index (κ3) is 2.97. The van der Waals surface area contributed by atoms with Crippen LogP contribution in [0.4, 0.5) is 5.82 Å². The second kappa shape index (κ2) is 5.50. The molecule has 0 bridgehead atoms. The van der Waals surface area contributed by atoms with Crippen LogP contribution in [-0.4, -0.2) is 23.2 Å². The average molecular weight is 234 g/mol. The maximum atomic E-state index is 9.60. The molecule has 0 radical (unpaired) electrons. The fraction of sp³-hybridized carbons (Fsp3) is 0.643. The molecule has 1 aliphatic heterocycles. The van der Waals surface area contributed by atoms with Crippen molar-refractivity contribution < 1.29 is 5.11 Å². The Kier molecular flexibility index (Phi) is 4.00. The van der Waals surface area contributed by atoms with Gasteiger partial charge in [0, 0.05) is 24.3 Å². The summed E-state index contributed by atoms with van der Waals surface area (Å²) >= 11 is 0. The summed E-state index contributed by atoms with van der Waals surface area (Å²) in [6, 6.07) is 4.05. The first-order valence-corrected chi connectivity index (χ1v) is 6.59. The molecule has 0 unspecified atom stereocenters. The van der Waals surface area contributed by atoms with E-state index in [1.165, 1.54) is 25.7 Å². The van der Waals surface area contributed by atoms with Gasteiger partial charge in [-0.3, -0.25) is 0 Å². The lowest BCUT2D eigenvalue weighted by Gasteiger charge is -2.22. The Morgan fingerprint density at radius 2 is 1.82 bits per heavy atom. The lowest BCUT2D eigenvalue weighted by atomic mass is 10.1. The first-order valence-electron chi connectivity index (χ1n) is 6.59. The van der Waals surface area contributed by atoms with Crippen LogP contribution in [0, 0.1) is 6.92 Å². The van der Waals surface area contributed by atoms with Gasteiger partial charge in [-0.2, -0.15) is 0 Å². The van der Waals surface area contributed by atoms with E-state index in [1.54, 1.807) is 6.92 Å². The first-order chi connectivity index (χ1) is 8.18. The predicted octanol–water partition coefficient (Wildman–Crippen LogP) is 2.82. The number of aromatic nitrogens is 1. The quantitative estimate of drug-likeness (QED) is 0.854. The molecule has 1 aliphatic rings. The SMILES string of the molecule is Cc1nc(N2CCCCCC2)ccc1[C@H](C)O. The van der Waals surface area contributed by atoms with E-state index in [-0.39, 0.29) is 0 Å². The molecule has 17 heavy (non-hydrogen) atoms. The van der Waals surface area contributed by atoms with Crippen molar-refractivity contribution in [3.63, 3.8) is 0 Å². The Morgan fingerprint density at radius 3 is 2.35 bits per heavy atom. The summed E-state index contributed by atoms with van der Waals surface area (Å²) in [5, 5.41) is 9.60. The Hall–Kier alpha value is -1.09. The first kappa shape index (κ1) is 12.4. The Morgan fingerprint density at radius 1 is 1.18 bits per heavy atom. The van der Waals surface area contributed by atoms with Gasteiger partial charge < -0.3 is 10.0 Å². The number of rotatable bonds is 2. The van der Waals surface area contributed by atoms with Crippen LogP contribution in [0.3, 0.4) is 0 Å². The van der Waals surface area contributed by atoms with Crippen molar-refractivity contribution in [2.45, 2.75) is 45.6 Å². The van der Waals surface area contributed by atoms with E-state index in [0.717, 1.165) is 30.2 Å². The van der Waals surface area contributed by atoms with Crippen LogP contribution in [-0.2, 0) is 0 Å². The van der Waals surface area contributed by atoms with Crippen LogP contribution in [0.25, 0.3) is 0 Å². The van der Waals surface area contributed by atoms with Crippen LogP contribution in [0.1, 0.15) is 50.0 Å². The highest BCUT2D eigenvalue weighted by Crippen LogP contribution is 2.22. The van der Waals surface area contributed by atoms with Gasteiger partial charge in [-0.1, -0.05) is 18.9 Å². The van der Waals surface area contributed by atoms with Gasteiger partial charge in [0.25, 0.3) is 0 Å².